The number of aryl methyl sites for hydroxylation is 2. The molecule has 0 aliphatic carbocycles. The van der Waals surface area contributed by atoms with Crippen LogP contribution in [-0.4, -0.2) is 14.1 Å². The molecule has 0 radical (unpaired) electrons. The molecule has 0 N–H and O–H groups in total. The van der Waals surface area contributed by atoms with Gasteiger partial charge in [-0.3, -0.25) is 4.98 Å². The van der Waals surface area contributed by atoms with E-state index in [1.807, 2.05) is 24.5 Å². The van der Waals surface area contributed by atoms with Gasteiger partial charge < -0.3 is 9.13 Å². The SMILES string of the molecule is Cc1ccc(-c2ccc3c4ccccc4n(-c4cc(-c5ccncc5)cc(-n5c6ccccc6c6ccc(-c7ccc(C)cc7)cc65)c4C#N)c3c2)cc1. The number of pyridine rings is 1. The van der Waals surface area contributed by atoms with E-state index in [9.17, 15) is 5.26 Å². The number of nitrogens with zero attached hydrogens (tertiary/aromatic N) is 4. The third kappa shape index (κ3) is 5.02. The number of rotatable bonds is 5. The molecule has 0 bridgehead atoms. The molecule has 254 valence electrons. The Labute approximate surface area is 313 Å². The number of para-hydroxylation sites is 2. The van der Waals surface area contributed by atoms with E-state index < -0.39 is 0 Å². The highest BCUT2D eigenvalue weighted by Gasteiger charge is 2.23. The second-order valence-electron chi connectivity index (χ2n) is 14.1. The largest absolute Gasteiger partial charge is 0.308 e. The molecule has 10 rings (SSSR count). The number of benzene rings is 7. The fraction of sp³-hybridized carbons (Fsp3) is 0.0400. The molecule has 0 amide bonds. The maximum atomic E-state index is 11.4. The summed E-state index contributed by atoms with van der Waals surface area (Å²) in [6, 6.07) is 58.9. The molecule has 4 heteroatoms. The maximum absolute atomic E-state index is 11.4. The highest BCUT2D eigenvalue weighted by Crippen LogP contribution is 2.41. The Morgan fingerprint density at radius 3 is 1.28 bits per heavy atom. The van der Waals surface area contributed by atoms with Crippen LogP contribution in [-0.2, 0) is 0 Å². The van der Waals surface area contributed by atoms with Gasteiger partial charge in [0.25, 0.3) is 0 Å². The molecule has 0 atom stereocenters. The van der Waals surface area contributed by atoms with Crippen LogP contribution in [0.4, 0.5) is 0 Å². The van der Waals surface area contributed by atoms with Gasteiger partial charge in [0.2, 0.25) is 0 Å². The second-order valence-corrected chi connectivity index (χ2v) is 14.1. The first-order chi connectivity index (χ1) is 26.6. The Bertz CT molecular complexity index is 2920. The molecule has 3 heterocycles. The summed E-state index contributed by atoms with van der Waals surface area (Å²) in [5, 5.41) is 15.9. The molecular weight excluding hydrogens is 657 g/mol. The Balaban J connectivity index is 1.33. The predicted octanol–water partition coefficient (Wildman–Crippen LogP) is 12.8. The van der Waals surface area contributed by atoms with Gasteiger partial charge in [0.15, 0.2) is 0 Å². The zero-order valence-corrected chi connectivity index (χ0v) is 30.0. The molecule has 0 fully saturated rings. The average Bonchev–Trinajstić information content (AvgIpc) is 3.73. The van der Waals surface area contributed by atoms with E-state index in [1.165, 1.54) is 11.1 Å². The van der Waals surface area contributed by atoms with Crippen molar-refractivity contribution in [2.45, 2.75) is 13.8 Å². The number of hydrogen-bond acceptors (Lipinski definition) is 2. The molecule has 54 heavy (non-hydrogen) atoms. The van der Waals surface area contributed by atoms with Crippen LogP contribution in [0.15, 0.2) is 170 Å². The lowest BCUT2D eigenvalue weighted by molar-refractivity contribution is 1.12. The van der Waals surface area contributed by atoms with Crippen LogP contribution in [0.25, 0.3) is 88.4 Å². The van der Waals surface area contributed by atoms with E-state index in [4.69, 9.17) is 0 Å². The van der Waals surface area contributed by atoms with Gasteiger partial charge in [-0.15, -0.1) is 0 Å². The minimum Gasteiger partial charge on any atom is -0.308 e. The van der Waals surface area contributed by atoms with Gasteiger partial charge >= 0.3 is 0 Å². The van der Waals surface area contributed by atoms with Gasteiger partial charge in [-0.2, -0.15) is 5.26 Å². The lowest BCUT2D eigenvalue weighted by Crippen LogP contribution is -2.05. The summed E-state index contributed by atoms with van der Waals surface area (Å²) in [6.45, 7) is 4.23. The zero-order chi connectivity index (χ0) is 36.3. The van der Waals surface area contributed by atoms with Crippen molar-refractivity contribution < 1.29 is 0 Å². The first-order valence-electron chi connectivity index (χ1n) is 18.3. The van der Waals surface area contributed by atoms with E-state index in [0.29, 0.717) is 5.56 Å². The fourth-order valence-corrected chi connectivity index (χ4v) is 8.10. The molecular formula is C50H34N4. The van der Waals surface area contributed by atoms with Crippen molar-refractivity contribution in [2.24, 2.45) is 0 Å². The van der Waals surface area contributed by atoms with Gasteiger partial charge in [-0.1, -0.05) is 120 Å². The lowest BCUT2D eigenvalue weighted by atomic mass is 10.00. The summed E-state index contributed by atoms with van der Waals surface area (Å²) in [5.74, 6) is 0. The van der Waals surface area contributed by atoms with Crippen LogP contribution in [0.5, 0.6) is 0 Å². The minimum absolute atomic E-state index is 0.597. The van der Waals surface area contributed by atoms with Crippen LogP contribution in [0.2, 0.25) is 0 Å². The Morgan fingerprint density at radius 1 is 0.407 bits per heavy atom. The number of fused-ring (bicyclic) bond motifs is 6. The predicted molar refractivity (Wildman–Crippen MR) is 223 cm³/mol. The van der Waals surface area contributed by atoms with Crippen molar-refractivity contribution in [3.63, 3.8) is 0 Å². The Kier molecular flexibility index (Phi) is 7.28. The van der Waals surface area contributed by atoms with Crippen LogP contribution < -0.4 is 0 Å². The second kappa shape index (κ2) is 12.5. The Hall–Kier alpha value is -7.22. The van der Waals surface area contributed by atoms with Crippen molar-refractivity contribution in [1.29, 1.82) is 5.26 Å². The molecule has 7 aromatic carbocycles. The van der Waals surface area contributed by atoms with Crippen LogP contribution in [0.1, 0.15) is 16.7 Å². The molecule has 10 aromatic rings. The lowest BCUT2D eigenvalue weighted by Gasteiger charge is -2.18. The van der Waals surface area contributed by atoms with Crippen molar-refractivity contribution in [3.05, 3.63) is 187 Å². The summed E-state index contributed by atoms with van der Waals surface area (Å²) in [6.07, 6.45) is 3.66. The summed E-state index contributed by atoms with van der Waals surface area (Å²) in [5.41, 5.74) is 15.5. The molecule has 3 aromatic heterocycles. The van der Waals surface area contributed by atoms with E-state index in [0.717, 1.165) is 88.4 Å². The quantitative estimate of drug-likeness (QED) is 0.180. The van der Waals surface area contributed by atoms with Gasteiger partial charge in [-0.05, 0) is 95.8 Å². The smallest absolute Gasteiger partial charge is 0.104 e. The van der Waals surface area contributed by atoms with Crippen LogP contribution >= 0.6 is 0 Å². The highest BCUT2D eigenvalue weighted by molar-refractivity contribution is 6.12. The van der Waals surface area contributed by atoms with E-state index in [-0.39, 0.29) is 0 Å². The molecule has 0 spiro atoms. The highest BCUT2D eigenvalue weighted by atomic mass is 15.0. The fourth-order valence-electron chi connectivity index (χ4n) is 8.10. The molecule has 0 saturated heterocycles. The van der Waals surface area contributed by atoms with Gasteiger partial charge in [0.05, 0.1) is 33.4 Å². The van der Waals surface area contributed by atoms with Gasteiger partial charge in [0, 0.05) is 33.9 Å². The normalized spacial score (nSPS) is 11.5. The monoisotopic (exact) mass is 690 g/mol. The molecule has 0 aliphatic rings. The maximum Gasteiger partial charge on any atom is 0.104 e. The van der Waals surface area contributed by atoms with Crippen molar-refractivity contribution in [3.8, 4) is 50.8 Å². The zero-order valence-electron chi connectivity index (χ0n) is 30.0. The summed E-state index contributed by atoms with van der Waals surface area (Å²) in [4.78, 5) is 4.34. The van der Waals surface area contributed by atoms with Gasteiger partial charge in [-0.25, -0.2) is 0 Å². The minimum atomic E-state index is 0.597. The summed E-state index contributed by atoms with van der Waals surface area (Å²) >= 11 is 0. The first kappa shape index (κ1) is 31.5. The van der Waals surface area contributed by atoms with E-state index >= 15 is 0 Å². The molecule has 4 nitrogen and oxygen atoms in total. The van der Waals surface area contributed by atoms with Crippen LogP contribution in [0.3, 0.4) is 0 Å². The van der Waals surface area contributed by atoms with Crippen molar-refractivity contribution >= 4 is 43.6 Å². The van der Waals surface area contributed by atoms with E-state index in [1.54, 1.807) is 0 Å². The van der Waals surface area contributed by atoms with Gasteiger partial charge in [0.1, 0.15) is 11.6 Å². The van der Waals surface area contributed by atoms with Crippen molar-refractivity contribution in [1.82, 2.24) is 14.1 Å². The average molecular weight is 691 g/mol. The van der Waals surface area contributed by atoms with Crippen LogP contribution in [0, 0.1) is 25.2 Å². The topological polar surface area (TPSA) is 46.5 Å². The number of aromatic nitrogens is 3. The molecule has 0 unspecified atom stereocenters. The third-order valence-corrected chi connectivity index (χ3v) is 10.8. The number of hydrogen-bond donors (Lipinski definition) is 0. The third-order valence-electron chi connectivity index (χ3n) is 10.8. The van der Waals surface area contributed by atoms with E-state index in [2.05, 4.69) is 180 Å². The first-order valence-corrected chi connectivity index (χ1v) is 18.3. The summed E-state index contributed by atoms with van der Waals surface area (Å²) < 4.78 is 4.58. The molecule has 0 aliphatic heterocycles. The standard InChI is InChI=1S/C50H34N4/c1-32-11-15-34(16-12-32)37-19-21-42-40-7-3-5-9-45(40)53(47(42)27-37)49-29-39(36-23-25-52-26-24-36)30-50(44(49)31-51)54-46-10-6-4-8-41(46)43-22-20-38(28-48(43)54)35-17-13-33(2)14-18-35/h3-30H,1-2H3. The summed E-state index contributed by atoms with van der Waals surface area (Å²) in [7, 11) is 0. The molecule has 0 saturated carbocycles. The number of nitriles is 1. The Morgan fingerprint density at radius 2 is 0.815 bits per heavy atom. The van der Waals surface area contributed by atoms with Crippen molar-refractivity contribution in [2.75, 3.05) is 0 Å².